The molecule has 0 spiro atoms. The molecule has 2 aromatic carbocycles. The zero-order valence-corrected chi connectivity index (χ0v) is 13.8. The number of hydrogen-bond donors (Lipinski definition) is 1. The van der Waals surface area contributed by atoms with Crippen LogP contribution in [0.25, 0.3) is 10.9 Å². The van der Waals surface area contributed by atoms with Crippen molar-refractivity contribution in [1.82, 2.24) is 9.88 Å². The van der Waals surface area contributed by atoms with Crippen molar-refractivity contribution in [2.45, 2.75) is 19.6 Å². The highest BCUT2D eigenvalue weighted by Crippen LogP contribution is 2.30. The van der Waals surface area contributed by atoms with Gasteiger partial charge in [-0.05, 0) is 55.8 Å². The van der Waals surface area contributed by atoms with Gasteiger partial charge in [-0.1, -0.05) is 18.2 Å². The second-order valence-corrected chi connectivity index (χ2v) is 5.71. The highest BCUT2D eigenvalue weighted by molar-refractivity contribution is 5.89. The Labute approximate surface area is 159 Å². The number of aromatic nitrogens is 1. The Kier molecular flexibility index (Phi) is 3.75. The van der Waals surface area contributed by atoms with Crippen molar-refractivity contribution in [3.8, 4) is 11.5 Å². The van der Waals surface area contributed by atoms with E-state index >= 15 is 0 Å². The van der Waals surface area contributed by atoms with Gasteiger partial charge in [0.2, 0.25) is 0 Å². The molecule has 0 bridgehead atoms. The van der Waals surface area contributed by atoms with E-state index in [0.717, 1.165) is 5.52 Å². The summed E-state index contributed by atoms with van der Waals surface area (Å²) in [7, 11) is 0. The molecule has 0 radical (unpaired) electrons. The van der Waals surface area contributed by atoms with Gasteiger partial charge in [0.25, 0.3) is 0 Å². The fourth-order valence-electron chi connectivity index (χ4n) is 2.74. The highest BCUT2D eigenvalue weighted by Gasteiger charge is 2.11. The van der Waals surface area contributed by atoms with Crippen LogP contribution in [0, 0.1) is 0 Å². The minimum absolute atomic E-state index is 0.0241. The average molecular weight is 366 g/mol. The third kappa shape index (κ3) is 4.52. The summed E-state index contributed by atoms with van der Waals surface area (Å²) in [5.41, 5.74) is 2.05. The van der Waals surface area contributed by atoms with E-state index in [2.05, 4.69) is 9.72 Å². The predicted octanol–water partition coefficient (Wildman–Crippen LogP) is 4.45. The molecule has 0 aliphatic carbocycles. The van der Waals surface area contributed by atoms with E-state index in [1.807, 2.05) is 6.07 Å². The standard InChI is InChI=1S/C20H22F2N2O2/c1-24(2)10-9-15-12-23-17-7-4-8-18(19(15)17)25-13-14-5-3-6-16(11-14)26-20(21)22/h3-8,11-12,20,23H,9-10,13H2,1-2H3/i1D3,2D3. The van der Waals surface area contributed by atoms with Crippen LogP contribution in [-0.2, 0) is 13.0 Å². The van der Waals surface area contributed by atoms with Crippen LogP contribution in [0.3, 0.4) is 0 Å². The molecule has 3 aromatic rings. The molecule has 1 aromatic heterocycles. The van der Waals surface area contributed by atoms with Crippen molar-refractivity contribution in [2.24, 2.45) is 0 Å². The fraction of sp³-hybridized carbons (Fsp3) is 0.300. The Balaban J connectivity index is 1.79. The summed E-state index contributed by atoms with van der Waals surface area (Å²) in [6.07, 6.45) is 1.85. The Morgan fingerprint density at radius 1 is 1.19 bits per heavy atom. The van der Waals surface area contributed by atoms with E-state index < -0.39 is 20.6 Å². The van der Waals surface area contributed by atoms with Gasteiger partial charge >= 0.3 is 6.61 Å². The number of benzene rings is 2. The highest BCUT2D eigenvalue weighted by atomic mass is 19.3. The van der Waals surface area contributed by atoms with Crippen LogP contribution in [0.1, 0.15) is 19.4 Å². The van der Waals surface area contributed by atoms with Gasteiger partial charge in [0.15, 0.2) is 0 Å². The number of fused-ring (bicyclic) bond motifs is 1. The summed E-state index contributed by atoms with van der Waals surface area (Å²) in [6.45, 7) is -8.57. The van der Waals surface area contributed by atoms with Gasteiger partial charge in [0.1, 0.15) is 18.1 Å². The van der Waals surface area contributed by atoms with E-state index in [1.165, 1.54) is 12.1 Å². The first kappa shape index (κ1) is 11.9. The van der Waals surface area contributed by atoms with Gasteiger partial charge in [-0.2, -0.15) is 8.78 Å². The monoisotopic (exact) mass is 366 g/mol. The van der Waals surface area contributed by atoms with Gasteiger partial charge < -0.3 is 19.4 Å². The van der Waals surface area contributed by atoms with Crippen LogP contribution < -0.4 is 9.47 Å². The van der Waals surface area contributed by atoms with Crippen LogP contribution in [-0.4, -0.2) is 37.0 Å². The van der Waals surface area contributed by atoms with Crippen molar-refractivity contribution in [2.75, 3.05) is 20.5 Å². The lowest BCUT2D eigenvalue weighted by atomic mass is 10.1. The van der Waals surface area contributed by atoms with Crippen LogP contribution >= 0.6 is 0 Å². The fourth-order valence-corrected chi connectivity index (χ4v) is 2.74. The molecule has 0 unspecified atom stereocenters. The maximum Gasteiger partial charge on any atom is 0.387 e. The maximum atomic E-state index is 12.4. The first-order chi connectivity index (χ1) is 14.9. The lowest BCUT2D eigenvalue weighted by molar-refractivity contribution is -0.0499. The second-order valence-electron chi connectivity index (χ2n) is 5.71. The average Bonchev–Trinajstić information content (AvgIpc) is 3.08. The molecular formula is C20H22F2N2O2. The molecule has 0 fully saturated rings. The summed E-state index contributed by atoms with van der Waals surface area (Å²) in [4.78, 5) is 3.59. The molecule has 26 heavy (non-hydrogen) atoms. The number of aromatic amines is 1. The van der Waals surface area contributed by atoms with Gasteiger partial charge in [-0.15, -0.1) is 0 Å². The summed E-state index contributed by atoms with van der Waals surface area (Å²) in [6, 6.07) is 11.5. The number of nitrogens with zero attached hydrogens (tertiary/aromatic N) is 1. The summed E-state index contributed by atoms with van der Waals surface area (Å²) < 4.78 is 80.2. The molecule has 0 aliphatic rings. The second kappa shape index (κ2) is 8.19. The Morgan fingerprint density at radius 2 is 2.04 bits per heavy atom. The maximum absolute atomic E-state index is 12.4. The molecule has 0 atom stereocenters. The molecule has 0 aliphatic heterocycles. The first-order valence-electron chi connectivity index (χ1n) is 11.0. The molecule has 1 N–H and O–H groups in total. The smallest absolute Gasteiger partial charge is 0.387 e. The van der Waals surface area contributed by atoms with E-state index in [9.17, 15) is 8.78 Å². The van der Waals surface area contributed by atoms with E-state index in [-0.39, 0.29) is 25.3 Å². The van der Waals surface area contributed by atoms with E-state index in [1.54, 1.807) is 30.5 Å². The van der Waals surface area contributed by atoms with Crippen molar-refractivity contribution < 1.29 is 26.5 Å². The molecule has 0 saturated heterocycles. The number of hydrogen-bond acceptors (Lipinski definition) is 3. The number of H-pyrrole nitrogens is 1. The Hall–Kier alpha value is -2.60. The zero-order valence-electron chi connectivity index (χ0n) is 19.8. The van der Waals surface area contributed by atoms with Crippen molar-refractivity contribution in [3.05, 3.63) is 59.8 Å². The quantitative estimate of drug-likeness (QED) is 0.640. The third-order valence-corrected chi connectivity index (χ3v) is 3.87. The lowest BCUT2D eigenvalue weighted by Gasteiger charge is -2.12. The third-order valence-electron chi connectivity index (χ3n) is 3.87. The van der Waals surface area contributed by atoms with Crippen LogP contribution in [0.4, 0.5) is 8.78 Å². The number of rotatable bonds is 8. The zero-order chi connectivity index (χ0) is 23.5. The molecule has 138 valence electrons. The molecular weight excluding hydrogens is 338 g/mol. The molecule has 6 heteroatoms. The number of alkyl halides is 2. The van der Waals surface area contributed by atoms with E-state index in [4.69, 9.17) is 13.0 Å². The summed E-state index contributed by atoms with van der Waals surface area (Å²) in [5.74, 6) is 0.518. The van der Waals surface area contributed by atoms with E-state index in [0.29, 0.717) is 27.2 Å². The minimum atomic E-state index is -2.92. The SMILES string of the molecule is [2H]C([2H])([2H])N(CCc1c[nH]c2cccc(OCc3cccc(OC(F)F)c3)c12)C([2H])([2H])[2H]. The summed E-state index contributed by atoms with van der Waals surface area (Å²) in [5, 5.41) is 0.698. The number of halogens is 2. The number of ether oxygens (including phenoxy) is 2. The molecule has 0 amide bonds. The molecule has 3 rings (SSSR count). The van der Waals surface area contributed by atoms with Gasteiger partial charge in [-0.3, -0.25) is 0 Å². The van der Waals surface area contributed by atoms with Gasteiger partial charge in [0.05, 0.1) is 0 Å². The normalized spacial score (nSPS) is 15.8. The Morgan fingerprint density at radius 3 is 2.85 bits per heavy atom. The van der Waals surface area contributed by atoms with Crippen LogP contribution in [0.5, 0.6) is 11.5 Å². The van der Waals surface area contributed by atoms with Gasteiger partial charge in [0, 0.05) is 31.9 Å². The summed E-state index contributed by atoms with van der Waals surface area (Å²) >= 11 is 0. The van der Waals surface area contributed by atoms with Gasteiger partial charge in [-0.25, -0.2) is 0 Å². The molecule has 0 saturated carbocycles. The number of likely N-dealkylation sites (N-methyl/N-ethyl adjacent to an activating group) is 1. The largest absolute Gasteiger partial charge is 0.488 e. The Bertz CT molecular complexity index is 1040. The van der Waals surface area contributed by atoms with Crippen LogP contribution in [0.15, 0.2) is 48.7 Å². The first-order valence-corrected chi connectivity index (χ1v) is 7.98. The molecule has 4 nitrogen and oxygen atoms in total. The number of nitrogens with one attached hydrogen (secondary N) is 1. The van der Waals surface area contributed by atoms with Crippen LogP contribution in [0.2, 0.25) is 0 Å². The lowest BCUT2D eigenvalue weighted by Crippen LogP contribution is -2.14. The predicted molar refractivity (Wildman–Crippen MR) is 98.0 cm³/mol. The minimum Gasteiger partial charge on any atom is -0.488 e. The topological polar surface area (TPSA) is 37.5 Å². The van der Waals surface area contributed by atoms with Crippen molar-refractivity contribution in [3.63, 3.8) is 0 Å². The molecule has 1 heterocycles. The van der Waals surface area contributed by atoms with Crippen molar-refractivity contribution in [1.29, 1.82) is 0 Å². The van der Waals surface area contributed by atoms with Crippen molar-refractivity contribution >= 4 is 10.9 Å².